The normalized spacial score (nSPS) is 36.5. The van der Waals surface area contributed by atoms with E-state index in [2.05, 4.69) is 51.3 Å². The first kappa shape index (κ1) is 38.5. The highest BCUT2D eigenvalue weighted by molar-refractivity contribution is 7.99. The number of benzene rings is 2. The van der Waals surface area contributed by atoms with E-state index in [-0.39, 0.29) is 28.1 Å². The average molecular weight is 782 g/mol. The van der Waals surface area contributed by atoms with E-state index in [4.69, 9.17) is 25.8 Å². The Morgan fingerprint density at radius 1 is 1.06 bits per heavy atom. The van der Waals surface area contributed by atoms with Gasteiger partial charge in [0.1, 0.15) is 5.75 Å². The minimum atomic E-state index is -2.93. The second kappa shape index (κ2) is 15.5. The van der Waals surface area contributed by atoms with Crippen LogP contribution in [0.5, 0.6) is 5.75 Å². The summed E-state index contributed by atoms with van der Waals surface area (Å²) < 4.78 is 36.9. The van der Waals surface area contributed by atoms with Gasteiger partial charge in [-0.2, -0.15) is 0 Å². The van der Waals surface area contributed by atoms with Crippen molar-refractivity contribution in [2.75, 3.05) is 77.1 Å². The summed E-state index contributed by atoms with van der Waals surface area (Å²) in [5.41, 5.74) is 3.55. The van der Waals surface area contributed by atoms with Gasteiger partial charge in [0.15, 0.2) is 0 Å². The van der Waals surface area contributed by atoms with Gasteiger partial charge in [-0.05, 0) is 124 Å². The molecular weight excluding hydrogens is 720 g/mol. The summed E-state index contributed by atoms with van der Waals surface area (Å²) in [5.74, 6) is 5.50. The molecule has 2 aliphatic carbocycles. The number of ether oxygens (including phenoxy) is 3. The van der Waals surface area contributed by atoms with E-state index < -0.39 is 9.71 Å². The molecular formula is C43H61ClN4O5S. The van der Waals surface area contributed by atoms with Crippen molar-refractivity contribution in [1.29, 1.82) is 0 Å². The lowest BCUT2D eigenvalue weighted by Gasteiger charge is -2.54. The Bertz CT molecular complexity index is 1810. The van der Waals surface area contributed by atoms with Gasteiger partial charge in [0.25, 0.3) is 5.91 Å². The first-order chi connectivity index (χ1) is 26.0. The van der Waals surface area contributed by atoms with Crippen molar-refractivity contribution in [3.63, 3.8) is 0 Å². The fourth-order valence-corrected chi connectivity index (χ4v) is 12.6. The third-order valence-electron chi connectivity index (χ3n) is 14.2. The topological polar surface area (TPSA) is 83.6 Å². The molecule has 9 nitrogen and oxygen atoms in total. The number of fused-ring (bicyclic) bond motifs is 5. The van der Waals surface area contributed by atoms with Gasteiger partial charge in [0, 0.05) is 79.7 Å². The van der Waals surface area contributed by atoms with Crippen LogP contribution in [-0.4, -0.2) is 115 Å². The fraction of sp³-hybridized carbons (Fsp3) is 0.674. The Kier molecular flexibility index (Phi) is 11.1. The van der Waals surface area contributed by atoms with Crippen molar-refractivity contribution in [3.05, 3.63) is 58.1 Å². The smallest absolute Gasteiger partial charge is 0.262 e. The molecule has 1 amide bonds. The van der Waals surface area contributed by atoms with E-state index >= 15 is 0 Å². The number of morpholine rings is 1. The number of nitrogens with zero attached hydrogens (tertiary/aromatic N) is 3. The summed E-state index contributed by atoms with van der Waals surface area (Å²) in [5, 5.41) is 0.490. The summed E-state index contributed by atoms with van der Waals surface area (Å²) in [6.45, 7) is 15.9. The first-order valence-corrected chi connectivity index (χ1v) is 22.8. The molecule has 0 aromatic heterocycles. The average Bonchev–Trinajstić information content (AvgIpc) is 3.29. The molecule has 1 unspecified atom stereocenters. The molecule has 1 spiro atoms. The predicted molar refractivity (Wildman–Crippen MR) is 219 cm³/mol. The van der Waals surface area contributed by atoms with Crippen LogP contribution in [0, 0.1) is 17.8 Å². The molecule has 1 saturated carbocycles. The number of carbonyl (C=O) groups excluding carboxylic acids is 1. The summed E-state index contributed by atoms with van der Waals surface area (Å²) >= 11 is 6.54. The number of halogens is 1. The van der Waals surface area contributed by atoms with Crippen molar-refractivity contribution < 1.29 is 23.2 Å². The summed E-state index contributed by atoms with van der Waals surface area (Å²) in [4.78, 5) is 21.7. The molecule has 4 heterocycles. The minimum absolute atomic E-state index is 0.114. The number of aryl methyl sites for hydroxylation is 1. The highest BCUT2D eigenvalue weighted by Crippen LogP contribution is 2.50. The van der Waals surface area contributed by atoms with Crippen LogP contribution in [0.15, 0.2) is 36.4 Å². The van der Waals surface area contributed by atoms with E-state index in [9.17, 15) is 9.00 Å². The van der Waals surface area contributed by atoms with E-state index in [1.807, 2.05) is 31.2 Å². The van der Waals surface area contributed by atoms with Gasteiger partial charge in [-0.25, -0.2) is 4.21 Å². The number of anilines is 1. The van der Waals surface area contributed by atoms with Crippen molar-refractivity contribution in [1.82, 2.24) is 14.5 Å². The molecule has 2 bridgehead atoms. The lowest BCUT2D eigenvalue weighted by atomic mass is 9.62. The van der Waals surface area contributed by atoms with Crippen LogP contribution in [0.2, 0.25) is 5.02 Å². The maximum atomic E-state index is 14.1. The zero-order chi connectivity index (χ0) is 37.7. The van der Waals surface area contributed by atoms with E-state index in [1.165, 1.54) is 11.1 Å². The quantitative estimate of drug-likeness (QED) is 0.368. The van der Waals surface area contributed by atoms with Crippen LogP contribution >= 0.6 is 11.6 Å². The molecule has 1 N–H and O–H groups in total. The van der Waals surface area contributed by atoms with Crippen LogP contribution in [0.4, 0.5) is 5.69 Å². The van der Waals surface area contributed by atoms with Gasteiger partial charge < -0.3 is 19.1 Å². The molecule has 54 heavy (non-hydrogen) atoms. The molecule has 8 atom stereocenters. The Hall–Kier alpha value is -2.34. The largest absolute Gasteiger partial charge is 0.490 e. The SMILES string of the molecule is C=S1(=O)NC(=O)c2ccc3c(c2)N(C[C@@H]2CC[C@H]2[C@@](CN2CCN4CCOC[C@@H]4C2)(OCC)CCC[C@H](C)[C@H]1C)C[C@@]1(CCCc2cc(Cl)ccc21)CO3. The van der Waals surface area contributed by atoms with Gasteiger partial charge in [0.05, 0.1) is 40.8 Å². The maximum absolute atomic E-state index is 14.1. The van der Waals surface area contributed by atoms with Crippen LogP contribution in [0.1, 0.15) is 87.2 Å². The molecule has 2 aromatic rings. The maximum Gasteiger partial charge on any atom is 0.262 e. The second-order valence-electron chi connectivity index (χ2n) is 17.5. The van der Waals surface area contributed by atoms with Crippen LogP contribution in [-0.2, 0) is 31.0 Å². The third-order valence-corrected chi connectivity index (χ3v) is 16.7. The fourth-order valence-electron chi connectivity index (χ4n) is 10.9. The zero-order valence-electron chi connectivity index (χ0n) is 32.7. The molecule has 2 aromatic carbocycles. The van der Waals surface area contributed by atoms with Gasteiger partial charge in [-0.1, -0.05) is 31.0 Å². The highest BCUT2D eigenvalue weighted by atomic mass is 35.5. The molecule has 8 rings (SSSR count). The monoisotopic (exact) mass is 780 g/mol. The number of carbonyl (C=O) groups is 1. The molecule has 6 aliphatic rings. The first-order valence-electron chi connectivity index (χ1n) is 20.7. The van der Waals surface area contributed by atoms with E-state index in [0.717, 1.165) is 127 Å². The van der Waals surface area contributed by atoms with Gasteiger partial charge in [0.2, 0.25) is 0 Å². The lowest BCUT2D eigenvalue weighted by molar-refractivity contribution is -0.154. The number of amides is 1. The molecule has 3 fully saturated rings. The molecule has 2 saturated heterocycles. The Labute approximate surface area is 328 Å². The molecule has 0 radical (unpaired) electrons. The number of rotatable bonds is 4. The van der Waals surface area contributed by atoms with Gasteiger partial charge in [-0.15, -0.1) is 0 Å². The standard InChI is InChI=1S/C43H61ClN4O5S/c1-5-53-43(28-46-18-19-47-20-21-51-26-36(47)25-46)17-6-8-30(2)31(3)54(4,50)45-41(49)33-11-15-40-39(23-33)48(24-34-10-13-38(34)43)27-42(29-52-40)16-7-9-32-22-35(44)12-14-37(32)42/h11-12,14-15,22-23,30-31,34,36,38H,4-10,13,16-21,24-29H2,1-3H3,(H,45,49,50)/t30-,31+,34-,36-,38+,42-,43+,54?/m0/s1. The van der Waals surface area contributed by atoms with Crippen molar-refractivity contribution in [3.8, 4) is 5.75 Å². The predicted octanol–water partition coefficient (Wildman–Crippen LogP) is 6.20. The van der Waals surface area contributed by atoms with E-state index in [0.29, 0.717) is 36.7 Å². The van der Waals surface area contributed by atoms with Crippen molar-refractivity contribution >= 4 is 38.8 Å². The second-order valence-corrected chi connectivity index (χ2v) is 20.3. The molecule has 11 heteroatoms. The lowest BCUT2D eigenvalue weighted by Crippen LogP contribution is -2.63. The third kappa shape index (κ3) is 7.45. The highest BCUT2D eigenvalue weighted by Gasteiger charge is 2.51. The van der Waals surface area contributed by atoms with Gasteiger partial charge >= 0.3 is 0 Å². The van der Waals surface area contributed by atoms with Crippen molar-refractivity contribution in [2.45, 2.75) is 94.4 Å². The van der Waals surface area contributed by atoms with Crippen molar-refractivity contribution in [2.24, 2.45) is 17.8 Å². The number of nitrogens with one attached hydrogen (secondary N) is 1. The molecule has 4 aliphatic heterocycles. The number of piperazine rings is 1. The van der Waals surface area contributed by atoms with Crippen LogP contribution in [0.3, 0.4) is 0 Å². The van der Waals surface area contributed by atoms with E-state index in [1.54, 1.807) is 0 Å². The van der Waals surface area contributed by atoms with Crippen LogP contribution < -0.4 is 14.4 Å². The summed E-state index contributed by atoms with van der Waals surface area (Å²) in [7, 11) is -2.93. The zero-order valence-corrected chi connectivity index (χ0v) is 34.2. The number of hydrogen-bond donors (Lipinski definition) is 1. The Balaban J connectivity index is 1.18. The number of hydrogen-bond acceptors (Lipinski definition) is 8. The minimum Gasteiger partial charge on any atom is -0.490 e. The Morgan fingerprint density at radius 2 is 1.93 bits per heavy atom. The summed E-state index contributed by atoms with van der Waals surface area (Å²) in [6.07, 6.45) is 8.21. The van der Waals surface area contributed by atoms with Crippen LogP contribution in [0.25, 0.3) is 0 Å². The summed E-state index contributed by atoms with van der Waals surface area (Å²) in [6, 6.07) is 12.6. The molecule has 296 valence electrons. The van der Waals surface area contributed by atoms with Gasteiger partial charge in [-0.3, -0.25) is 19.3 Å². The Morgan fingerprint density at radius 3 is 2.74 bits per heavy atom.